The molecule has 172 valence electrons. The first-order valence-electron chi connectivity index (χ1n) is 10.9. The van der Waals surface area contributed by atoms with Crippen molar-refractivity contribution >= 4 is 22.7 Å². The number of hydrogen-bond acceptors (Lipinski definition) is 7. The van der Waals surface area contributed by atoms with Gasteiger partial charge in [0.25, 0.3) is 11.8 Å². The highest BCUT2D eigenvalue weighted by Crippen LogP contribution is 2.23. The zero-order chi connectivity index (χ0) is 24.0. The Labute approximate surface area is 200 Å². The molecular formula is C26H20N6O3. The van der Waals surface area contributed by atoms with Crippen LogP contribution in [-0.4, -0.2) is 43.2 Å². The van der Waals surface area contributed by atoms with E-state index in [1.54, 1.807) is 30.5 Å². The lowest BCUT2D eigenvalue weighted by atomic mass is 10.1. The van der Waals surface area contributed by atoms with Gasteiger partial charge in [-0.15, -0.1) is 0 Å². The highest BCUT2D eigenvalue weighted by molar-refractivity contribution is 6.08. The van der Waals surface area contributed by atoms with Crippen molar-refractivity contribution in [2.24, 2.45) is 0 Å². The van der Waals surface area contributed by atoms with Crippen LogP contribution in [0.5, 0.6) is 11.6 Å². The summed E-state index contributed by atoms with van der Waals surface area (Å²) in [5.74, 6) is 0.104. The van der Waals surface area contributed by atoms with Crippen molar-refractivity contribution in [3.05, 3.63) is 108 Å². The van der Waals surface area contributed by atoms with E-state index >= 15 is 0 Å². The number of nitrogens with one attached hydrogen (secondary N) is 2. The van der Waals surface area contributed by atoms with Crippen LogP contribution in [0.3, 0.4) is 0 Å². The molecule has 0 saturated carbocycles. The Balaban J connectivity index is 1.25. The first kappa shape index (κ1) is 21.9. The molecule has 9 nitrogen and oxygen atoms in total. The zero-order valence-electron chi connectivity index (χ0n) is 18.5. The monoisotopic (exact) mass is 464 g/mol. The Morgan fingerprint density at radius 1 is 0.857 bits per heavy atom. The normalized spacial score (nSPS) is 10.7. The fourth-order valence-corrected chi connectivity index (χ4v) is 3.47. The molecule has 0 unspecified atom stereocenters. The first-order chi connectivity index (χ1) is 17.2. The summed E-state index contributed by atoms with van der Waals surface area (Å²) in [5.41, 5.74) is 2.91. The molecule has 3 heterocycles. The highest BCUT2D eigenvalue weighted by atomic mass is 16.5. The third-order valence-electron chi connectivity index (χ3n) is 5.21. The number of ketones is 1. The van der Waals surface area contributed by atoms with Crippen molar-refractivity contribution in [2.75, 3.05) is 6.54 Å². The van der Waals surface area contributed by atoms with Crippen molar-refractivity contribution in [2.45, 2.75) is 6.42 Å². The van der Waals surface area contributed by atoms with Crippen molar-refractivity contribution in [1.29, 1.82) is 0 Å². The number of benzene rings is 2. The Morgan fingerprint density at radius 3 is 2.46 bits per heavy atom. The zero-order valence-corrected chi connectivity index (χ0v) is 18.5. The van der Waals surface area contributed by atoms with E-state index in [9.17, 15) is 9.59 Å². The standard InChI is InChI=1S/C26H20N6O3/c33-23(24-31-20-6-1-2-7-21(20)32-24)17-8-10-19(11-9-17)35-26-22(28-15-16-30-26)25(34)29-14-12-18-5-3-4-13-27-18/h1-11,13,15-16H,12,14H2,(H,29,34)(H,31,32). The largest absolute Gasteiger partial charge is 0.437 e. The van der Waals surface area contributed by atoms with Gasteiger partial charge < -0.3 is 15.0 Å². The van der Waals surface area contributed by atoms with Gasteiger partial charge in [-0.05, 0) is 48.5 Å². The van der Waals surface area contributed by atoms with Gasteiger partial charge in [0.2, 0.25) is 5.78 Å². The molecule has 0 aliphatic heterocycles. The highest BCUT2D eigenvalue weighted by Gasteiger charge is 2.17. The van der Waals surface area contributed by atoms with Crippen LogP contribution in [0.15, 0.2) is 85.3 Å². The molecule has 9 heteroatoms. The molecule has 2 N–H and O–H groups in total. The summed E-state index contributed by atoms with van der Waals surface area (Å²) in [5, 5.41) is 2.81. The average molecular weight is 464 g/mol. The smallest absolute Gasteiger partial charge is 0.275 e. The van der Waals surface area contributed by atoms with E-state index in [1.165, 1.54) is 12.4 Å². The fourth-order valence-electron chi connectivity index (χ4n) is 3.47. The molecule has 35 heavy (non-hydrogen) atoms. The maximum absolute atomic E-state index is 12.8. The van der Waals surface area contributed by atoms with E-state index in [4.69, 9.17) is 4.74 Å². The summed E-state index contributed by atoms with van der Waals surface area (Å²) >= 11 is 0. The minimum Gasteiger partial charge on any atom is -0.437 e. The molecule has 0 bridgehead atoms. The quantitative estimate of drug-likeness (QED) is 0.335. The van der Waals surface area contributed by atoms with Gasteiger partial charge >= 0.3 is 0 Å². The lowest BCUT2D eigenvalue weighted by Gasteiger charge is -2.10. The van der Waals surface area contributed by atoms with Gasteiger partial charge in [0.15, 0.2) is 11.5 Å². The minimum absolute atomic E-state index is 0.0657. The molecule has 5 rings (SSSR count). The van der Waals surface area contributed by atoms with E-state index in [1.807, 2.05) is 42.5 Å². The van der Waals surface area contributed by atoms with Crippen LogP contribution in [0.4, 0.5) is 0 Å². The maximum Gasteiger partial charge on any atom is 0.275 e. The number of fused-ring (bicyclic) bond motifs is 1. The minimum atomic E-state index is -0.402. The van der Waals surface area contributed by atoms with Crippen molar-refractivity contribution in [3.63, 3.8) is 0 Å². The first-order valence-corrected chi connectivity index (χ1v) is 10.9. The number of ether oxygens (including phenoxy) is 1. The van der Waals surface area contributed by atoms with Crippen LogP contribution < -0.4 is 10.1 Å². The van der Waals surface area contributed by atoms with Gasteiger partial charge in [-0.25, -0.2) is 15.0 Å². The van der Waals surface area contributed by atoms with Crippen LogP contribution in [0, 0.1) is 0 Å². The second-order valence-corrected chi connectivity index (χ2v) is 7.60. The van der Waals surface area contributed by atoms with Crippen LogP contribution in [-0.2, 0) is 6.42 Å². The number of carbonyl (C=O) groups is 2. The number of aromatic nitrogens is 5. The number of nitrogens with zero attached hydrogens (tertiary/aromatic N) is 4. The summed E-state index contributed by atoms with van der Waals surface area (Å²) in [6.07, 6.45) is 5.17. The van der Waals surface area contributed by atoms with Crippen molar-refractivity contribution < 1.29 is 14.3 Å². The lowest BCUT2D eigenvalue weighted by Crippen LogP contribution is -2.27. The van der Waals surface area contributed by atoms with Crippen LogP contribution in [0.2, 0.25) is 0 Å². The number of aromatic amines is 1. The van der Waals surface area contributed by atoms with Crippen LogP contribution in [0.25, 0.3) is 11.0 Å². The molecule has 0 aliphatic carbocycles. The van der Waals surface area contributed by atoms with Gasteiger partial charge in [0.05, 0.1) is 11.0 Å². The van der Waals surface area contributed by atoms with E-state index in [0.29, 0.717) is 24.3 Å². The number of carbonyl (C=O) groups excluding carboxylic acids is 2. The molecule has 1 amide bonds. The molecule has 0 spiro atoms. The third-order valence-corrected chi connectivity index (χ3v) is 5.21. The topological polar surface area (TPSA) is 123 Å². The van der Waals surface area contributed by atoms with E-state index in [-0.39, 0.29) is 23.2 Å². The predicted molar refractivity (Wildman–Crippen MR) is 128 cm³/mol. The van der Waals surface area contributed by atoms with Gasteiger partial charge in [-0.3, -0.25) is 14.6 Å². The molecule has 0 fully saturated rings. The molecular weight excluding hydrogens is 444 g/mol. The number of H-pyrrole nitrogens is 1. The van der Waals surface area contributed by atoms with Crippen molar-refractivity contribution in [1.82, 2.24) is 30.2 Å². The van der Waals surface area contributed by atoms with E-state index in [0.717, 1.165) is 16.7 Å². The van der Waals surface area contributed by atoms with E-state index in [2.05, 4.69) is 30.2 Å². The molecule has 0 atom stereocenters. The second-order valence-electron chi connectivity index (χ2n) is 7.60. The molecule has 0 radical (unpaired) electrons. The summed E-state index contributed by atoms with van der Waals surface area (Å²) in [7, 11) is 0. The number of para-hydroxylation sites is 2. The number of hydrogen-bond donors (Lipinski definition) is 2. The van der Waals surface area contributed by atoms with Gasteiger partial charge in [0, 0.05) is 42.8 Å². The van der Waals surface area contributed by atoms with Gasteiger partial charge in [-0.1, -0.05) is 18.2 Å². The Hall–Kier alpha value is -4.92. The third kappa shape index (κ3) is 5.03. The molecule has 5 aromatic rings. The van der Waals surface area contributed by atoms with Gasteiger partial charge in [0.1, 0.15) is 5.75 Å². The predicted octanol–water partition coefficient (Wildman–Crippen LogP) is 3.74. The van der Waals surface area contributed by atoms with Crippen molar-refractivity contribution in [3.8, 4) is 11.6 Å². The number of amides is 1. The van der Waals surface area contributed by atoms with E-state index < -0.39 is 5.91 Å². The maximum atomic E-state index is 12.8. The summed E-state index contributed by atoms with van der Waals surface area (Å²) in [6, 6.07) is 19.6. The summed E-state index contributed by atoms with van der Waals surface area (Å²) < 4.78 is 5.80. The molecule has 0 aliphatic rings. The Bertz CT molecular complexity index is 1450. The SMILES string of the molecule is O=C(c1ccc(Oc2nccnc2C(=O)NCCc2ccccn2)cc1)c1nc2ccccc2[nH]1. The molecule has 0 saturated heterocycles. The lowest BCUT2D eigenvalue weighted by molar-refractivity contribution is 0.0945. The summed E-state index contributed by atoms with van der Waals surface area (Å²) in [4.78, 5) is 45.4. The fraction of sp³-hybridized carbons (Fsp3) is 0.0769. The molecule has 3 aromatic heterocycles. The number of rotatable bonds is 8. The summed E-state index contributed by atoms with van der Waals surface area (Å²) in [6.45, 7) is 0.393. The van der Waals surface area contributed by atoms with Crippen LogP contribution in [0.1, 0.15) is 32.4 Å². The van der Waals surface area contributed by atoms with Gasteiger partial charge in [-0.2, -0.15) is 0 Å². The number of pyridine rings is 1. The number of imidazole rings is 1. The Kier molecular flexibility index (Phi) is 6.21. The molecule has 2 aromatic carbocycles. The average Bonchev–Trinajstić information content (AvgIpc) is 3.34. The second kappa shape index (κ2) is 9.92. The Morgan fingerprint density at radius 2 is 1.66 bits per heavy atom. The van der Waals surface area contributed by atoms with Crippen LogP contribution >= 0.6 is 0 Å².